The number of aromatic nitrogens is 1. The number of carbonyl (C=O) groups excluding carboxylic acids is 1. The second-order valence-corrected chi connectivity index (χ2v) is 11.2. The third-order valence-corrected chi connectivity index (χ3v) is 7.50. The summed E-state index contributed by atoms with van der Waals surface area (Å²) >= 11 is 5.20. The summed E-state index contributed by atoms with van der Waals surface area (Å²) in [5.41, 5.74) is -2.49. The van der Waals surface area contributed by atoms with E-state index in [1.165, 1.54) is 50.4 Å². The largest absolute Gasteiger partial charge is 0.588 e. The Morgan fingerprint density at radius 3 is 1.80 bits per heavy atom. The summed E-state index contributed by atoms with van der Waals surface area (Å²) in [4.78, 5) is 19.0. The van der Waals surface area contributed by atoms with Crippen LogP contribution in [-0.2, 0) is 20.1 Å². The zero-order valence-corrected chi connectivity index (χ0v) is 23.6. The van der Waals surface area contributed by atoms with Gasteiger partial charge in [0.2, 0.25) is 0 Å². The van der Waals surface area contributed by atoms with Crippen LogP contribution in [0.15, 0.2) is 109 Å². The number of hydrogen-bond acceptors (Lipinski definition) is 7. The molecule has 1 atom stereocenters. The van der Waals surface area contributed by atoms with Crippen molar-refractivity contribution in [1.29, 1.82) is 0 Å². The molecule has 1 aromatic heterocycles. The number of nitrogens with zero attached hydrogens (tertiary/aromatic N) is 1. The SMILES string of the molecule is CC(C)(C(=O)On1ccccc1=S)C(OP(=O)(Oc1ccccc1)Oc1ccccc1)c1ccc(C(F)(F)F)cc1. The molecule has 214 valence electrons. The van der Waals surface area contributed by atoms with E-state index in [9.17, 15) is 22.5 Å². The second-order valence-electron chi connectivity index (χ2n) is 9.33. The Balaban J connectivity index is 1.77. The smallest absolute Gasteiger partial charge is 0.395 e. The van der Waals surface area contributed by atoms with E-state index in [2.05, 4.69) is 0 Å². The highest BCUT2D eigenvalue weighted by molar-refractivity contribution is 7.71. The van der Waals surface area contributed by atoms with Gasteiger partial charge in [-0.25, -0.2) is 9.36 Å². The standard InChI is InChI=1S/C29H25F3NO6PS/c1-28(2,27(34)36-33-20-10-9-15-25(33)41)26(21-16-18-22(19-17-21)29(30,31)32)39-40(35,37-23-11-5-3-6-12-23)38-24-13-7-4-8-14-24/h3-20,26H,1-2H3. The number of benzene rings is 3. The molecule has 4 aromatic rings. The molecule has 0 radical (unpaired) electrons. The van der Waals surface area contributed by atoms with Gasteiger partial charge in [-0.15, -0.1) is 0 Å². The Kier molecular flexibility index (Phi) is 9.01. The normalized spacial score (nSPS) is 12.8. The summed E-state index contributed by atoms with van der Waals surface area (Å²) in [6.07, 6.45) is -4.66. The molecule has 3 aromatic carbocycles. The molecule has 12 heteroatoms. The third-order valence-electron chi connectivity index (χ3n) is 5.85. The van der Waals surface area contributed by atoms with E-state index >= 15 is 0 Å². The maximum atomic E-state index is 14.2. The number of rotatable bonds is 10. The van der Waals surface area contributed by atoms with Gasteiger partial charge in [-0.3, -0.25) is 4.52 Å². The van der Waals surface area contributed by atoms with Crippen LogP contribution in [0.25, 0.3) is 0 Å². The van der Waals surface area contributed by atoms with Gasteiger partial charge < -0.3 is 13.9 Å². The summed E-state index contributed by atoms with van der Waals surface area (Å²) in [7, 11) is -4.61. The summed E-state index contributed by atoms with van der Waals surface area (Å²) in [6.45, 7) is 2.86. The maximum Gasteiger partial charge on any atom is 0.588 e. The Hall–Kier alpha value is -3.92. The van der Waals surface area contributed by atoms with Crippen LogP contribution in [0.3, 0.4) is 0 Å². The Morgan fingerprint density at radius 2 is 1.32 bits per heavy atom. The molecule has 0 saturated carbocycles. The molecule has 0 aliphatic heterocycles. The summed E-state index contributed by atoms with van der Waals surface area (Å²) in [5.74, 6) is -0.613. The number of phosphoric acid groups is 1. The molecule has 0 saturated heterocycles. The molecule has 0 aliphatic carbocycles. The number of phosphoric ester groups is 1. The number of halogens is 3. The molecule has 7 nitrogen and oxygen atoms in total. The summed E-state index contributed by atoms with van der Waals surface area (Å²) in [5, 5.41) is 0. The van der Waals surface area contributed by atoms with Crippen molar-refractivity contribution in [3.63, 3.8) is 0 Å². The van der Waals surface area contributed by atoms with Crippen LogP contribution < -0.4 is 13.9 Å². The molecular formula is C29H25F3NO6PS. The average Bonchev–Trinajstić information content (AvgIpc) is 2.93. The van der Waals surface area contributed by atoms with Gasteiger partial charge in [0.05, 0.1) is 11.0 Å². The molecule has 0 N–H and O–H groups in total. The molecular weight excluding hydrogens is 578 g/mol. The monoisotopic (exact) mass is 603 g/mol. The van der Waals surface area contributed by atoms with Crippen molar-refractivity contribution in [2.45, 2.75) is 26.1 Å². The van der Waals surface area contributed by atoms with Gasteiger partial charge in [-0.1, -0.05) is 66.8 Å². The Labute approximate surface area is 239 Å². The fourth-order valence-electron chi connectivity index (χ4n) is 3.67. The van der Waals surface area contributed by atoms with E-state index in [0.717, 1.165) is 29.0 Å². The van der Waals surface area contributed by atoms with Crippen molar-refractivity contribution in [2.24, 2.45) is 5.41 Å². The van der Waals surface area contributed by atoms with Crippen molar-refractivity contribution in [1.82, 2.24) is 4.73 Å². The topological polar surface area (TPSA) is 76.0 Å². The zero-order chi connectivity index (χ0) is 29.7. The fraction of sp³-hybridized carbons (Fsp3) is 0.172. The van der Waals surface area contributed by atoms with Crippen LogP contribution in [0.1, 0.15) is 31.1 Å². The van der Waals surface area contributed by atoms with Crippen molar-refractivity contribution >= 4 is 26.0 Å². The lowest BCUT2D eigenvalue weighted by Gasteiger charge is -2.34. The van der Waals surface area contributed by atoms with Crippen molar-refractivity contribution in [3.8, 4) is 11.5 Å². The summed E-state index contributed by atoms with van der Waals surface area (Å²) in [6, 6.07) is 24.8. The molecule has 0 amide bonds. The van der Waals surface area contributed by atoms with Gasteiger partial charge in [-0.05, 0) is 67.9 Å². The quantitative estimate of drug-likeness (QED) is 0.133. The van der Waals surface area contributed by atoms with Crippen molar-refractivity contribution < 1.29 is 40.9 Å². The van der Waals surface area contributed by atoms with Gasteiger partial charge in [0.1, 0.15) is 22.2 Å². The highest BCUT2D eigenvalue weighted by atomic mass is 32.1. The minimum atomic E-state index is -4.61. The van der Waals surface area contributed by atoms with Crippen LogP contribution in [0.4, 0.5) is 13.2 Å². The fourth-order valence-corrected chi connectivity index (χ4v) is 5.37. The number of carbonyl (C=O) groups is 1. The first-order chi connectivity index (χ1) is 19.4. The predicted octanol–water partition coefficient (Wildman–Crippen LogP) is 8.24. The molecule has 4 rings (SSSR count). The Bertz CT molecular complexity index is 1530. The lowest BCUT2D eigenvalue weighted by molar-refractivity contribution is -0.161. The predicted molar refractivity (Wildman–Crippen MR) is 148 cm³/mol. The van der Waals surface area contributed by atoms with Crippen LogP contribution in [0.5, 0.6) is 11.5 Å². The molecule has 0 fully saturated rings. The van der Waals surface area contributed by atoms with Gasteiger partial charge in [0.25, 0.3) is 0 Å². The van der Waals surface area contributed by atoms with Crippen LogP contribution in [-0.4, -0.2) is 10.7 Å². The van der Waals surface area contributed by atoms with E-state index < -0.39 is 37.1 Å². The van der Waals surface area contributed by atoms with Gasteiger partial charge in [-0.2, -0.15) is 17.9 Å². The lowest BCUT2D eigenvalue weighted by atomic mass is 9.82. The second kappa shape index (κ2) is 12.3. The molecule has 41 heavy (non-hydrogen) atoms. The maximum absolute atomic E-state index is 14.2. The zero-order valence-electron chi connectivity index (χ0n) is 21.9. The van der Waals surface area contributed by atoms with Crippen molar-refractivity contribution in [3.05, 3.63) is 125 Å². The van der Waals surface area contributed by atoms with Crippen LogP contribution >= 0.6 is 20.0 Å². The number of para-hydroxylation sites is 2. The highest BCUT2D eigenvalue weighted by Gasteiger charge is 2.47. The van der Waals surface area contributed by atoms with E-state index in [4.69, 9.17) is 30.6 Å². The van der Waals surface area contributed by atoms with Gasteiger partial charge >= 0.3 is 20.0 Å². The van der Waals surface area contributed by atoms with Gasteiger partial charge in [0, 0.05) is 6.20 Å². The van der Waals surface area contributed by atoms with E-state index in [1.807, 2.05) is 0 Å². The van der Waals surface area contributed by atoms with Crippen LogP contribution in [0, 0.1) is 10.1 Å². The number of pyridine rings is 1. The van der Waals surface area contributed by atoms with E-state index in [-0.39, 0.29) is 21.7 Å². The average molecular weight is 604 g/mol. The molecule has 1 heterocycles. The minimum Gasteiger partial charge on any atom is -0.395 e. The molecule has 0 spiro atoms. The first kappa shape index (κ1) is 30.0. The van der Waals surface area contributed by atoms with Crippen LogP contribution in [0.2, 0.25) is 0 Å². The Morgan fingerprint density at radius 1 is 0.805 bits per heavy atom. The first-order valence-corrected chi connectivity index (χ1v) is 14.1. The molecule has 0 aliphatic rings. The van der Waals surface area contributed by atoms with E-state index in [1.54, 1.807) is 48.5 Å². The molecule has 0 bridgehead atoms. The first-order valence-electron chi connectivity index (χ1n) is 12.2. The minimum absolute atomic E-state index is 0.0881. The van der Waals surface area contributed by atoms with E-state index in [0.29, 0.717) is 0 Å². The van der Waals surface area contributed by atoms with Gasteiger partial charge in [0.15, 0.2) is 0 Å². The number of alkyl halides is 3. The molecule has 1 unspecified atom stereocenters. The number of hydrogen-bond donors (Lipinski definition) is 0. The van der Waals surface area contributed by atoms with Crippen molar-refractivity contribution in [2.75, 3.05) is 0 Å². The third kappa shape index (κ3) is 7.64. The lowest BCUT2D eigenvalue weighted by Crippen LogP contribution is -2.39. The summed E-state index contributed by atoms with van der Waals surface area (Å²) < 4.78 is 72.8. The highest BCUT2D eigenvalue weighted by Crippen LogP contribution is 2.56.